The first-order chi connectivity index (χ1) is 7.99. The summed E-state index contributed by atoms with van der Waals surface area (Å²) in [5.41, 5.74) is 6.31. The minimum absolute atomic E-state index is 0.262. The summed E-state index contributed by atoms with van der Waals surface area (Å²) >= 11 is 0. The van der Waals surface area contributed by atoms with Gasteiger partial charge in [-0.25, -0.2) is 0 Å². The van der Waals surface area contributed by atoms with Crippen molar-refractivity contribution in [1.29, 1.82) is 0 Å². The summed E-state index contributed by atoms with van der Waals surface area (Å²) in [6, 6.07) is 7.44. The molecule has 0 aliphatic rings. The highest BCUT2D eigenvalue weighted by Gasteiger charge is 2.13. The predicted molar refractivity (Wildman–Crippen MR) is 67.7 cm³/mol. The van der Waals surface area contributed by atoms with Crippen LogP contribution in [-0.2, 0) is 11.2 Å². The highest BCUT2D eigenvalue weighted by atomic mass is 16.3. The SMILES string of the molecule is CN(C)C(CCC(N)=O)Cc1ccc(O)cc1. The lowest BCUT2D eigenvalue weighted by atomic mass is 10.0. The number of aromatic hydroxyl groups is 1. The summed E-state index contributed by atoms with van der Waals surface area (Å²) in [6.45, 7) is 0. The number of nitrogens with zero attached hydrogens (tertiary/aromatic N) is 1. The van der Waals surface area contributed by atoms with Crippen LogP contribution in [0.5, 0.6) is 5.75 Å². The average molecular weight is 236 g/mol. The van der Waals surface area contributed by atoms with E-state index in [1.165, 1.54) is 0 Å². The van der Waals surface area contributed by atoms with Crippen LogP contribution < -0.4 is 5.73 Å². The Morgan fingerprint density at radius 2 is 1.94 bits per heavy atom. The van der Waals surface area contributed by atoms with E-state index in [2.05, 4.69) is 4.90 Å². The molecular weight excluding hydrogens is 216 g/mol. The molecule has 0 aliphatic carbocycles. The molecule has 1 unspecified atom stereocenters. The summed E-state index contributed by atoms with van der Waals surface area (Å²) in [5, 5.41) is 9.20. The Morgan fingerprint density at radius 3 is 2.41 bits per heavy atom. The number of phenolic OH excluding ortho intramolecular Hbond substituents is 1. The normalized spacial score (nSPS) is 12.6. The number of primary amides is 1. The molecule has 17 heavy (non-hydrogen) atoms. The van der Waals surface area contributed by atoms with E-state index >= 15 is 0 Å². The Kier molecular flexibility index (Phi) is 4.97. The minimum atomic E-state index is -0.262. The fraction of sp³-hybridized carbons (Fsp3) is 0.462. The Morgan fingerprint density at radius 1 is 1.35 bits per heavy atom. The van der Waals surface area contributed by atoms with Gasteiger partial charge in [0.2, 0.25) is 5.91 Å². The third kappa shape index (κ3) is 4.87. The smallest absolute Gasteiger partial charge is 0.217 e. The molecule has 94 valence electrons. The third-order valence-electron chi connectivity index (χ3n) is 2.86. The van der Waals surface area contributed by atoms with E-state index in [0.717, 1.165) is 18.4 Å². The summed E-state index contributed by atoms with van der Waals surface area (Å²) in [4.78, 5) is 12.9. The van der Waals surface area contributed by atoms with E-state index in [9.17, 15) is 9.90 Å². The van der Waals surface area contributed by atoms with Crippen molar-refractivity contribution >= 4 is 5.91 Å². The van der Waals surface area contributed by atoms with Gasteiger partial charge in [-0.1, -0.05) is 12.1 Å². The molecule has 0 aliphatic heterocycles. The van der Waals surface area contributed by atoms with Gasteiger partial charge in [0.25, 0.3) is 0 Å². The summed E-state index contributed by atoms with van der Waals surface area (Å²) in [5.74, 6) is 0.00912. The quantitative estimate of drug-likeness (QED) is 0.778. The fourth-order valence-electron chi connectivity index (χ4n) is 1.76. The van der Waals surface area contributed by atoms with Gasteiger partial charge < -0.3 is 15.7 Å². The molecule has 4 heteroatoms. The second-order valence-electron chi connectivity index (χ2n) is 4.49. The van der Waals surface area contributed by atoms with Gasteiger partial charge in [0.1, 0.15) is 5.75 Å². The molecule has 0 bridgehead atoms. The van der Waals surface area contributed by atoms with Crippen LogP contribution in [0.15, 0.2) is 24.3 Å². The summed E-state index contributed by atoms with van der Waals surface area (Å²) in [6.07, 6.45) is 2.00. The van der Waals surface area contributed by atoms with Gasteiger partial charge >= 0.3 is 0 Å². The van der Waals surface area contributed by atoms with E-state index in [1.54, 1.807) is 12.1 Å². The Bertz CT molecular complexity index is 360. The minimum Gasteiger partial charge on any atom is -0.508 e. The molecular formula is C13H20N2O2. The maximum atomic E-state index is 10.8. The van der Waals surface area contributed by atoms with Gasteiger partial charge in [0.15, 0.2) is 0 Å². The van der Waals surface area contributed by atoms with Crippen molar-refractivity contribution in [3.8, 4) is 5.75 Å². The van der Waals surface area contributed by atoms with E-state index in [4.69, 9.17) is 5.73 Å². The standard InChI is InChI=1S/C13H20N2O2/c1-15(2)11(5-8-13(14)17)9-10-3-6-12(16)7-4-10/h3-4,6-7,11,16H,5,8-9H2,1-2H3,(H2,14,17). The number of hydrogen-bond acceptors (Lipinski definition) is 3. The van der Waals surface area contributed by atoms with Crippen LogP contribution in [0.25, 0.3) is 0 Å². The predicted octanol–water partition coefficient (Wildman–Crippen LogP) is 1.13. The number of benzene rings is 1. The number of amides is 1. The lowest BCUT2D eigenvalue weighted by Crippen LogP contribution is -2.31. The molecule has 0 fully saturated rings. The third-order valence-corrected chi connectivity index (χ3v) is 2.86. The molecule has 1 aromatic carbocycles. The van der Waals surface area contributed by atoms with E-state index in [1.807, 2.05) is 26.2 Å². The highest BCUT2D eigenvalue weighted by molar-refractivity contribution is 5.73. The number of likely N-dealkylation sites (N-methyl/N-ethyl adjacent to an activating group) is 1. The lowest BCUT2D eigenvalue weighted by molar-refractivity contribution is -0.118. The van der Waals surface area contributed by atoms with Crippen LogP contribution in [0.3, 0.4) is 0 Å². The Hall–Kier alpha value is -1.55. The molecule has 0 saturated heterocycles. The van der Waals surface area contributed by atoms with Crippen molar-refractivity contribution in [2.24, 2.45) is 5.73 Å². The van der Waals surface area contributed by atoms with Gasteiger partial charge in [-0.3, -0.25) is 4.79 Å². The van der Waals surface area contributed by atoms with Crippen molar-refractivity contribution in [2.45, 2.75) is 25.3 Å². The Labute approximate surface area is 102 Å². The van der Waals surface area contributed by atoms with Crippen molar-refractivity contribution < 1.29 is 9.90 Å². The molecule has 1 atom stereocenters. The Balaban J connectivity index is 2.60. The summed E-state index contributed by atoms with van der Waals surface area (Å²) in [7, 11) is 3.98. The molecule has 0 aromatic heterocycles. The molecule has 0 saturated carbocycles. The number of carbonyl (C=O) groups is 1. The average Bonchev–Trinajstić information content (AvgIpc) is 2.26. The molecule has 1 amide bonds. The van der Waals surface area contributed by atoms with Gasteiger partial charge in [-0.05, 0) is 44.6 Å². The fourth-order valence-corrected chi connectivity index (χ4v) is 1.76. The largest absolute Gasteiger partial charge is 0.508 e. The van der Waals surface area contributed by atoms with E-state index in [0.29, 0.717) is 6.42 Å². The maximum Gasteiger partial charge on any atom is 0.217 e. The first-order valence-corrected chi connectivity index (χ1v) is 5.71. The molecule has 0 spiro atoms. The van der Waals surface area contributed by atoms with Gasteiger partial charge in [-0.15, -0.1) is 0 Å². The van der Waals surface area contributed by atoms with Crippen molar-refractivity contribution in [2.75, 3.05) is 14.1 Å². The number of nitrogens with two attached hydrogens (primary N) is 1. The van der Waals surface area contributed by atoms with Crippen LogP contribution >= 0.6 is 0 Å². The zero-order valence-corrected chi connectivity index (χ0v) is 10.4. The van der Waals surface area contributed by atoms with Gasteiger partial charge in [-0.2, -0.15) is 0 Å². The van der Waals surface area contributed by atoms with Crippen LogP contribution in [0.2, 0.25) is 0 Å². The summed E-state index contributed by atoms with van der Waals surface area (Å²) < 4.78 is 0. The maximum absolute atomic E-state index is 10.8. The lowest BCUT2D eigenvalue weighted by Gasteiger charge is -2.24. The zero-order chi connectivity index (χ0) is 12.8. The van der Waals surface area contributed by atoms with Crippen LogP contribution in [0.1, 0.15) is 18.4 Å². The van der Waals surface area contributed by atoms with Gasteiger partial charge in [0, 0.05) is 12.5 Å². The second kappa shape index (κ2) is 6.25. The first-order valence-electron chi connectivity index (χ1n) is 5.71. The molecule has 1 aromatic rings. The molecule has 0 heterocycles. The number of rotatable bonds is 6. The topological polar surface area (TPSA) is 66.6 Å². The molecule has 0 radical (unpaired) electrons. The second-order valence-corrected chi connectivity index (χ2v) is 4.49. The molecule has 3 N–H and O–H groups in total. The monoisotopic (exact) mass is 236 g/mol. The van der Waals surface area contributed by atoms with Crippen molar-refractivity contribution in [3.63, 3.8) is 0 Å². The van der Waals surface area contributed by atoms with Crippen LogP contribution in [0.4, 0.5) is 0 Å². The first kappa shape index (κ1) is 13.5. The number of hydrogen-bond donors (Lipinski definition) is 2. The number of phenols is 1. The van der Waals surface area contributed by atoms with Crippen molar-refractivity contribution in [1.82, 2.24) is 4.90 Å². The zero-order valence-electron chi connectivity index (χ0n) is 10.4. The van der Waals surface area contributed by atoms with Gasteiger partial charge in [0.05, 0.1) is 0 Å². The highest BCUT2D eigenvalue weighted by Crippen LogP contribution is 2.15. The van der Waals surface area contributed by atoms with E-state index in [-0.39, 0.29) is 17.7 Å². The van der Waals surface area contributed by atoms with Crippen LogP contribution in [0, 0.1) is 0 Å². The van der Waals surface area contributed by atoms with Crippen molar-refractivity contribution in [3.05, 3.63) is 29.8 Å². The van der Waals surface area contributed by atoms with Crippen LogP contribution in [-0.4, -0.2) is 36.1 Å². The molecule has 4 nitrogen and oxygen atoms in total. The van der Waals surface area contributed by atoms with E-state index < -0.39 is 0 Å². The number of carbonyl (C=O) groups excluding carboxylic acids is 1. The molecule has 1 rings (SSSR count).